The SMILES string of the molecule is Cc1ccccc1C(C)NC(=O)c1ccc(CN2C(=O)CNC2=O)cc1. The van der Waals surface area contributed by atoms with Gasteiger partial charge in [-0.3, -0.25) is 14.5 Å². The number of amides is 4. The lowest BCUT2D eigenvalue weighted by Gasteiger charge is -2.17. The molecule has 6 heteroatoms. The van der Waals surface area contributed by atoms with Crippen molar-refractivity contribution >= 4 is 17.8 Å². The van der Waals surface area contributed by atoms with Crippen LogP contribution in [0.2, 0.25) is 0 Å². The van der Waals surface area contributed by atoms with Crippen LogP contribution in [-0.2, 0) is 11.3 Å². The van der Waals surface area contributed by atoms with Gasteiger partial charge in [-0.1, -0.05) is 36.4 Å². The molecule has 3 rings (SSSR count). The first kappa shape index (κ1) is 17.7. The molecule has 1 unspecified atom stereocenters. The number of imide groups is 1. The first-order chi connectivity index (χ1) is 12.5. The zero-order valence-corrected chi connectivity index (χ0v) is 14.8. The van der Waals surface area contributed by atoms with Crippen LogP contribution in [0.15, 0.2) is 48.5 Å². The highest BCUT2D eigenvalue weighted by atomic mass is 16.2. The van der Waals surface area contributed by atoms with Crippen molar-refractivity contribution in [3.05, 3.63) is 70.8 Å². The number of benzene rings is 2. The lowest BCUT2D eigenvalue weighted by molar-refractivity contribution is -0.125. The molecule has 0 radical (unpaired) electrons. The molecule has 2 aromatic carbocycles. The summed E-state index contributed by atoms with van der Waals surface area (Å²) in [7, 11) is 0. The molecule has 2 aromatic rings. The van der Waals surface area contributed by atoms with Crippen LogP contribution >= 0.6 is 0 Å². The van der Waals surface area contributed by atoms with Crippen molar-refractivity contribution < 1.29 is 14.4 Å². The molecule has 2 N–H and O–H groups in total. The van der Waals surface area contributed by atoms with E-state index in [9.17, 15) is 14.4 Å². The molecule has 1 aliphatic heterocycles. The molecule has 4 amide bonds. The predicted molar refractivity (Wildman–Crippen MR) is 97.5 cm³/mol. The molecule has 0 saturated carbocycles. The lowest BCUT2D eigenvalue weighted by atomic mass is 10.0. The monoisotopic (exact) mass is 351 g/mol. The summed E-state index contributed by atoms with van der Waals surface area (Å²) in [6, 6.07) is 14.4. The number of nitrogens with one attached hydrogen (secondary N) is 2. The molecule has 134 valence electrons. The van der Waals surface area contributed by atoms with E-state index in [1.165, 1.54) is 0 Å². The third-order valence-electron chi connectivity index (χ3n) is 4.50. The van der Waals surface area contributed by atoms with Crippen molar-refractivity contribution in [2.45, 2.75) is 26.4 Å². The zero-order valence-electron chi connectivity index (χ0n) is 14.8. The molecule has 0 aromatic heterocycles. The van der Waals surface area contributed by atoms with Crippen LogP contribution in [0.5, 0.6) is 0 Å². The Labute approximate surface area is 152 Å². The van der Waals surface area contributed by atoms with Crippen molar-refractivity contribution in [3.8, 4) is 0 Å². The summed E-state index contributed by atoms with van der Waals surface area (Å²) in [4.78, 5) is 36.8. The minimum absolute atomic E-state index is 0.0378. The van der Waals surface area contributed by atoms with E-state index in [2.05, 4.69) is 10.6 Å². The highest BCUT2D eigenvalue weighted by Crippen LogP contribution is 2.17. The van der Waals surface area contributed by atoms with Crippen molar-refractivity contribution in [2.24, 2.45) is 0 Å². The van der Waals surface area contributed by atoms with E-state index in [0.29, 0.717) is 5.56 Å². The van der Waals surface area contributed by atoms with Crippen molar-refractivity contribution in [2.75, 3.05) is 6.54 Å². The van der Waals surface area contributed by atoms with Gasteiger partial charge in [0.2, 0.25) is 5.91 Å². The molecule has 1 fully saturated rings. The zero-order chi connectivity index (χ0) is 18.7. The van der Waals surface area contributed by atoms with Crippen LogP contribution in [0.3, 0.4) is 0 Å². The molecule has 1 saturated heterocycles. The standard InChI is InChI=1S/C20H21N3O3/c1-13-5-3-4-6-17(13)14(2)22-19(25)16-9-7-15(8-10-16)12-23-18(24)11-21-20(23)26/h3-10,14H,11-12H2,1-2H3,(H,21,26)(H,22,25). The molecular weight excluding hydrogens is 330 g/mol. The van der Waals surface area contributed by atoms with Gasteiger partial charge in [-0.25, -0.2) is 4.79 Å². The number of nitrogens with zero attached hydrogens (tertiary/aromatic N) is 1. The summed E-state index contributed by atoms with van der Waals surface area (Å²) in [5, 5.41) is 5.48. The van der Waals surface area contributed by atoms with Crippen LogP contribution in [0.25, 0.3) is 0 Å². The fourth-order valence-corrected chi connectivity index (χ4v) is 2.99. The molecule has 0 bridgehead atoms. The van der Waals surface area contributed by atoms with E-state index in [-0.39, 0.29) is 37.0 Å². The Morgan fingerprint density at radius 3 is 2.46 bits per heavy atom. The van der Waals surface area contributed by atoms with E-state index in [4.69, 9.17) is 0 Å². The van der Waals surface area contributed by atoms with Gasteiger partial charge in [-0.05, 0) is 42.7 Å². The maximum atomic E-state index is 12.5. The van der Waals surface area contributed by atoms with Crippen LogP contribution in [-0.4, -0.2) is 29.3 Å². The van der Waals surface area contributed by atoms with Gasteiger partial charge in [0, 0.05) is 5.56 Å². The Kier molecular flexibility index (Phi) is 5.02. The normalized spacial score (nSPS) is 14.9. The van der Waals surface area contributed by atoms with E-state index < -0.39 is 0 Å². The summed E-state index contributed by atoms with van der Waals surface area (Å²) in [5.41, 5.74) is 3.53. The minimum atomic E-state index is -0.385. The number of aryl methyl sites for hydroxylation is 1. The summed E-state index contributed by atoms with van der Waals surface area (Å²) >= 11 is 0. The Morgan fingerprint density at radius 1 is 1.15 bits per heavy atom. The Morgan fingerprint density at radius 2 is 1.85 bits per heavy atom. The molecule has 6 nitrogen and oxygen atoms in total. The van der Waals surface area contributed by atoms with E-state index in [1.807, 2.05) is 38.1 Å². The number of hydrogen-bond donors (Lipinski definition) is 2. The van der Waals surface area contributed by atoms with Gasteiger partial charge in [-0.2, -0.15) is 0 Å². The minimum Gasteiger partial charge on any atom is -0.346 e. The number of carbonyl (C=O) groups is 3. The number of rotatable bonds is 5. The quantitative estimate of drug-likeness (QED) is 0.813. The molecule has 1 heterocycles. The maximum absolute atomic E-state index is 12.5. The second kappa shape index (κ2) is 7.39. The average Bonchev–Trinajstić information content (AvgIpc) is 2.94. The van der Waals surface area contributed by atoms with E-state index in [1.54, 1.807) is 24.3 Å². The largest absolute Gasteiger partial charge is 0.346 e. The summed E-state index contributed by atoms with van der Waals surface area (Å²) < 4.78 is 0. The van der Waals surface area contributed by atoms with Crippen LogP contribution in [0, 0.1) is 6.92 Å². The second-order valence-corrected chi connectivity index (χ2v) is 6.39. The Hall–Kier alpha value is -3.15. The fourth-order valence-electron chi connectivity index (χ4n) is 2.99. The van der Waals surface area contributed by atoms with Gasteiger partial charge in [-0.15, -0.1) is 0 Å². The van der Waals surface area contributed by atoms with Crippen LogP contribution in [0.4, 0.5) is 4.79 Å². The van der Waals surface area contributed by atoms with Crippen molar-refractivity contribution in [3.63, 3.8) is 0 Å². The van der Waals surface area contributed by atoms with Crippen LogP contribution < -0.4 is 10.6 Å². The topological polar surface area (TPSA) is 78.5 Å². The smallest absolute Gasteiger partial charge is 0.324 e. The van der Waals surface area contributed by atoms with Gasteiger partial charge in [0.1, 0.15) is 0 Å². The molecule has 0 aliphatic carbocycles. The van der Waals surface area contributed by atoms with Gasteiger partial charge < -0.3 is 10.6 Å². The molecule has 26 heavy (non-hydrogen) atoms. The first-order valence-corrected chi connectivity index (χ1v) is 8.49. The average molecular weight is 351 g/mol. The molecule has 1 aliphatic rings. The number of carbonyl (C=O) groups excluding carboxylic acids is 3. The third-order valence-corrected chi connectivity index (χ3v) is 4.50. The van der Waals surface area contributed by atoms with Gasteiger partial charge >= 0.3 is 6.03 Å². The highest BCUT2D eigenvalue weighted by Gasteiger charge is 2.28. The maximum Gasteiger partial charge on any atom is 0.324 e. The first-order valence-electron chi connectivity index (χ1n) is 8.49. The Balaban J connectivity index is 1.64. The predicted octanol–water partition coefficient (Wildman–Crippen LogP) is 2.54. The number of hydrogen-bond acceptors (Lipinski definition) is 3. The molecular formula is C20H21N3O3. The van der Waals surface area contributed by atoms with Gasteiger partial charge in [0.25, 0.3) is 5.91 Å². The Bertz CT molecular complexity index is 830. The molecule has 0 spiro atoms. The van der Waals surface area contributed by atoms with E-state index >= 15 is 0 Å². The van der Waals surface area contributed by atoms with Gasteiger partial charge in [0.15, 0.2) is 0 Å². The fraction of sp³-hybridized carbons (Fsp3) is 0.250. The third kappa shape index (κ3) is 3.74. The van der Waals surface area contributed by atoms with Crippen molar-refractivity contribution in [1.29, 1.82) is 0 Å². The van der Waals surface area contributed by atoms with Gasteiger partial charge in [0.05, 0.1) is 19.1 Å². The summed E-state index contributed by atoms with van der Waals surface area (Å²) in [5.74, 6) is -0.411. The van der Waals surface area contributed by atoms with Crippen LogP contribution in [0.1, 0.15) is 40.0 Å². The summed E-state index contributed by atoms with van der Waals surface area (Å²) in [6.45, 7) is 4.21. The van der Waals surface area contributed by atoms with Crippen molar-refractivity contribution in [1.82, 2.24) is 15.5 Å². The lowest BCUT2D eigenvalue weighted by Crippen LogP contribution is -2.30. The highest BCUT2D eigenvalue weighted by molar-refractivity contribution is 6.01. The summed E-state index contributed by atoms with van der Waals surface area (Å²) in [6.07, 6.45) is 0. The van der Waals surface area contributed by atoms with E-state index in [0.717, 1.165) is 21.6 Å². The number of urea groups is 1. The second-order valence-electron chi connectivity index (χ2n) is 6.39. The molecule has 1 atom stereocenters.